The normalized spacial score (nSPS) is 18.0. The molecule has 80 valence electrons. The predicted octanol–water partition coefficient (Wildman–Crippen LogP) is -1.02. The number of hydrogen-bond acceptors (Lipinski definition) is 4. The van der Waals surface area contributed by atoms with Gasteiger partial charge in [-0.2, -0.15) is 0 Å². The molecule has 0 spiro atoms. The maximum Gasteiger partial charge on any atom is 0.242 e. The van der Waals surface area contributed by atoms with Gasteiger partial charge in [0, 0.05) is 12.3 Å². The fourth-order valence-corrected chi connectivity index (χ4v) is 2.02. The van der Waals surface area contributed by atoms with E-state index in [0.717, 1.165) is 18.2 Å². The van der Waals surface area contributed by atoms with Crippen molar-refractivity contribution >= 4 is 23.6 Å². The van der Waals surface area contributed by atoms with Gasteiger partial charge in [0.25, 0.3) is 0 Å². The Bertz CT molecular complexity index is 227. The Morgan fingerprint density at radius 2 is 2.36 bits per heavy atom. The molecule has 0 aromatic carbocycles. The average Bonchev–Trinajstić information content (AvgIpc) is 2.66. The minimum absolute atomic E-state index is 0.0380. The molecule has 0 saturated carbocycles. The van der Waals surface area contributed by atoms with Gasteiger partial charge in [0.2, 0.25) is 11.8 Å². The maximum absolute atomic E-state index is 11.4. The highest BCUT2D eigenvalue weighted by Crippen LogP contribution is 2.12. The summed E-state index contributed by atoms with van der Waals surface area (Å²) in [7, 11) is 0. The Labute approximate surface area is 87.4 Å². The summed E-state index contributed by atoms with van der Waals surface area (Å²) in [5, 5.41) is 2.49. The average molecular weight is 217 g/mol. The second-order valence-corrected chi connectivity index (χ2v) is 4.28. The monoisotopic (exact) mass is 217 g/mol. The Morgan fingerprint density at radius 3 is 2.86 bits per heavy atom. The highest BCUT2D eigenvalue weighted by molar-refractivity contribution is 7.99. The zero-order valence-corrected chi connectivity index (χ0v) is 8.97. The van der Waals surface area contributed by atoms with Crippen LogP contribution in [0.25, 0.3) is 0 Å². The minimum atomic E-state index is -0.559. The molecule has 14 heavy (non-hydrogen) atoms. The lowest BCUT2D eigenvalue weighted by Crippen LogP contribution is -2.44. The van der Waals surface area contributed by atoms with E-state index in [4.69, 9.17) is 5.73 Å². The zero-order chi connectivity index (χ0) is 10.6. The highest BCUT2D eigenvalue weighted by Gasteiger charge is 2.18. The second-order valence-electron chi connectivity index (χ2n) is 3.20. The third kappa shape index (κ3) is 3.19. The Balaban J connectivity index is 2.23. The van der Waals surface area contributed by atoms with Crippen LogP contribution in [0.1, 0.15) is 6.92 Å². The van der Waals surface area contributed by atoms with Crippen LogP contribution in [0.3, 0.4) is 0 Å². The van der Waals surface area contributed by atoms with Gasteiger partial charge in [-0.15, -0.1) is 11.8 Å². The molecule has 1 aliphatic rings. The number of carbonyl (C=O) groups is 2. The zero-order valence-electron chi connectivity index (χ0n) is 8.16. The summed E-state index contributed by atoms with van der Waals surface area (Å²) in [4.78, 5) is 24.2. The van der Waals surface area contributed by atoms with Crippen LogP contribution >= 0.6 is 11.8 Å². The number of thioether (sulfide) groups is 1. The van der Waals surface area contributed by atoms with Crippen molar-refractivity contribution in [1.29, 1.82) is 0 Å². The first-order chi connectivity index (χ1) is 6.61. The van der Waals surface area contributed by atoms with E-state index in [1.54, 1.807) is 23.6 Å². The van der Waals surface area contributed by atoms with Gasteiger partial charge < -0.3 is 16.0 Å². The van der Waals surface area contributed by atoms with Gasteiger partial charge in [-0.05, 0) is 6.92 Å². The van der Waals surface area contributed by atoms with E-state index in [9.17, 15) is 9.59 Å². The SMILES string of the molecule is CC(N)C(=O)NCC(=O)N1CCSC1. The van der Waals surface area contributed by atoms with Crippen LogP contribution in [-0.2, 0) is 9.59 Å². The lowest BCUT2D eigenvalue weighted by atomic mass is 10.3. The second kappa shape index (κ2) is 5.21. The molecular formula is C8H15N3O2S. The molecule has 1 aliphatic heterocycles. The summed E-state index contributed by atoms with van der Waals surface area (Å²) in [6.45, 7) is 2.42. The molecule has 6 heteroatoms. The lowest BCUT2D eigenvalue weighted by molar-refractivity contribution is -0.131. The van der Waals surface area contributed by atoms with Gasteiger partial charge in [-0.3, -0.25) is 9.59 Å². The fourth-order valence-electron chi connectivity index (χ4n) is 1.05. The third-order valence-electron chi connectivity index (χ3n) is 1.93. The van der Waals surface area contributed by atoms with E-state index in [1.165, 1.54) is 0 Å². The van der Waals surface area contributed by atoms with Crippen LogP contribution in [0.4, 0.5) is 0 Å². The molecule has 0 radical (unpaired) electrons. The van der Waals surface area contributed by atoms with Crippen LogP contribution < -0.4 is 11.1 Å². The fraction of sp³-hybridized carbons (Fsp3) is 0.750. The van der Waals surface area contributed by atoms with Crippen molar-refractivity contribution in [3.63, 3.8) is 0 Å². The Hall–Kier alpha value is -0.750. The highest BCUT2D eigenvalue weighted by atomic mass is 32.2. The number of rotatable bonds is 3. The first-order valence-electron chi connectivity index (χ1n) is 4.50. The maximum atomic E-state index is 11.4. The van der Waals surface area contributed by atoms with Gasteiger partial charge in [-0.1, -0.05) is 0 Å². The molecule has 3 N–H and O–H groups in total. The van der Waals surface area contributed by atoms with E-state index in [2.05, 4.69) is 5.32 Å². The number of amides is 2. The van der Waals surface area contributed by atoms with Gasteiger partial charge >= 0.3 is 0 Å². The van der Waals surface area contributed by atoms with Crippen molar-refractivity contribution in [3.8, 4) is 0 Å². The summed E-state index contributed by atoms with van der Waals surface area (Å²) >= 11 is 1.72. The van der Waals surface area contributed by atoms with Crippen molar-refractivity contribution in [2.45, 2.75) is 13.0 Å². The summed E-state index contributed by atoms with van der Waals surface area (Å²) in [6, 6.07) is -0.559. The quantitative estimate of drug-likeness (QED) is 0.634. The third-order valence-corrected chi connectivity index (χ3v) is 2.90. The Kier molecular flexibility index (Phi) is 4.21. The van der Waals surface area contributed by atoms with Gasteiger partial charge in [0.15, 0.2) is 0 Å². The first kappa shape index (κ1) is 11.3. The molecule has 0 aliphatic carbocycles. The van der Waals surface area contributed by atoms with Crippen LogP contribution in [0.2, 0.25) is 0 Å². The molecule has 2 amide bonds. The van der Waals surface area contributed by atoms with Gasteiger partial charge in [-0.25, -0.2) is 0 Å². The van der Waals surface area contributed by atoms with Crippen molar-refractivity contribution < 1.29 is 9.59 Å². The van der Waals surface area contributed by atoms with Crippen molar-refractivity contribution in [2.24, 2.45) is 5.73 Å². The lowest BCUT2D eigenvalue weighted by Gasteiger charge is -2.15. The molecule has 1 rings (SSSR count). The smallest absolute Gasteiger partial charge is 0.242 e. The number of nitrogens with two attached hydrogens (primary N) is 1. The van der Waals surface area contributed by atoms with Crippen molar-refractivity contribution in [3.05, 3.63) is 0 Å². The topological polar surface area (TPSA) is 75.4 Å². The van der Waals surface area contributed by atoms with Crippen LogP contribution in [0, 0.1) is 0 Å². The number of nitrogens with zero attached hydrogens (tertiary/aromatic N) is 1. The van der Waals surface area contributed by atoms with Crippen molar-refractivity contribution in [1.82, 2.24) is 10.2 Å². The van der Waals surface area contributed by atoms with Crippen LogP contribution in [0.5, 0.6) is 0 Å². The summed E-state index contributed by atoms with van der Waals surface area (Å²) in [6.07, 6.45) is 0. The molecule has 1 atom stereocenters. The predicted molar refractivity (Wildman–Crippen MR) is 55.7 cm³/mol. The molecule has 1 fully saturated rings. The van der Waals surface area contributed by atoms with E-state index in [0.29, 0.717) is 0 Å². The standard InChI is InChI=1S/C8H15N3O2S/c1-6(9)8(13)10-4-7(12)11-2-3-14-5-11/h6H,2-5,9H2,1H3,(H,10,13). The van der Waals surface area contributed by atoms with Crippen molar-refractivity contribution in [2.75, 3.05) is 24.7 Å². The molecule has 5 nitrogen and oxygen atoms in total. The largest absolute Gasteiger partial charge is 0.346 e. The minimum Gasteiger partial charge on any atom is -0.346 e. The number of nitrogens with one attached hydrogen (secondary N) is 1. The molecular weight excluding hydrogens is 202 g/mol. The van der Waals surface area contributed by atoms with Crippen LogP contribution in [0.15, 0.2) is 0 Å². The van der Waals surface area contributed by atoms with Gasteiger partial charge in [0.05, 0.1) is 18.5 Å². The van der Waals surface area contributed by atoms with Gasteiger partial charge in [0.1, 0.15) is 0 Å². The molecule has 0 aromatic heterocycles. The number of carbonyl (C=O) groups excluding carboxylic acids is 2. The number of hydrogen-bond donors (Lipinski definition) is 2. The summed E-state index contributed by atoms with van der Waals surface area (Å²) < 4.78 is 0. The summed E-state index contributed by atoms with van der Waals surface area (Å²) in [5.41, 5.74) is 5.33. The first-order valence-corrected chi connectivity index (χ1v) is 5.65. The van der Waals surface area contributed by atoms with E-state index in [1.807, 2.05) is 0 Å². The molecule has 1 unspecified atom stereocenters. The molecule has 1 saturated heterocycles. The molecule has 0 bridgehead atoms. The Morgan fingerprint density at radius 1 is 1.64 bits per heavy atom. The molecule has 1 heterocycles. The van der Waals surface area contributed by atoms with E-state index < -0.39 is 6.04 Å². The summed E-state index contributed by atoms with van der Waals surface area (Å²) in [5.74, 6) is 1.38. The van der Waals surface area contributed by atoms with Crippen LogP contribution in [-0.4, -0.2) is 47.5 Å². The molecule has 0 aromatic rings. The van der Waals surface area contributed by atoms with E-state index >= 15 is 0 Å². The van der Waals surface area contributed by atoms with E-state index in [-0.39, 0.29) is 18.4 Å².